The summed E-state index contributed by atoms with van der Waals surface area (Å²) in [5.41, 5.74) is 0. The van der Waals surface area contributed by atoms with Crippen LogP contribution in [0.15, 0.2) is 91.0 Å². The summed E-state index contributed by atoms with van der Waals surface area (Å²) in [6.07, 6.45) is 0. The summed E-state index contributed by atoms with van der Waals surface area (Å²) in [6.45, 7) is 2.20. The number of hydrogen-bond acceptors (Lipinski definition) is 1. The fraction of sp³-hybridized carbons (Fsp3) is 0.143. The lowest BCUT2D eigenvalue weighted by Gasteiger charge is -2.31. The molecule has 0 aliphatic heterocycles. The van der Waals surface area contributed by atoms with Crippen LogP contribution in [0.25, 0.3) is 0 Å². The molecule has 0 spiro atoms. The number of rotatable bonds is 5. The van der Waals surface area contributed by atoms with Crippen LogP contribution in [0.5, 0.6) is 0 Å². The molecule has 0 radical (unpaired) electrons. The van der Waals surface area contributed by atoms with Crippen LogP contribution in [0.2, 0.25) is 0 Å². The molecule has 0 saturated heterocycles. The molecule has 0 saturated carbocycles. The zero-order valence-corrected chi connectivity index (χ0v) is 15.6. The molecule has 3 aromatic carbocycles. The van der Waals surface area contributed by atoms with E-state index in [-0.39, 0.29) is 18.3 Å². The average molecular weight is 357 g/mol. The van der Waals surface area contributed by atoms with Gasteiger partial charge >= 0.3 is 0 Å². The SMILES string of the molecule is COC(C)[P+](c1ccccc1)(c1ccccc1)c1ccccc1.[Cl-]. The highest BCUT2D eigenvalue weighted by Gasteiger charge is 2.50. The predicted octanol–water partition coefficient (Wildman–Crippen LogP) is 0.977. The summed E-state index contributed by atoms with van der Waals surface area (Å²) < 4.78 is 5.93. The summed E-state index contributed by atoms with van der Waals surface area (Å²) in [6, 6.07) is 32.4. The quantitative estimate of drug-likeness (QED) is 0.619. The Morgan fingerprint density at radius 2 is 0.917 bits per heavy atom. The van der Waals surface area contributed by atoms with E-state index in [2.05, 4.69) is 97.9 Å². The lowest BCUT2D eigenvalue weighted by molar-refractivity contribution is -0.00000506. The Kier molecular flexibility index (Phi) is 6.57. The van der Waals surface area contributed by atoms with Gasteiger partial charge in [0.05, 0.1) is 0 Å². The highest BCUT2D eigenvalue weighted by atomic mass is 35.5. The van der Waals surface area contributed by atoms with Crippen molar-refractivity contribution in [2.75, 3.05) is 7.11 Å². The zero-order chi connectivity index (χ0) is 16.1. The molecule has 0 N–H and O–H groups in total. The molecule has 3 heteroatoms. The number of hydrogen-bond donors (Lipinski definition) is 0. The van der Waals surface area contributed by atoms with Gasteiger partial charge in [-0.1, -0.05) is 54.6 Å². The molecule has 0 bridgehead atoms. The molecule has 3 aromatic rings. The lowest BCUT2D eigenvalue weighted by atomic mass is 10.4. The van der Waals surface area contributed by atoms with Crippen LogP contribution in [0.4, 0.5) is 0 Å². The fourth-order valence-corrected chi connectivity index (χ4v) is 7.62. The minimum atomic E-state index is -1.87. The Morgan fingerprint density at radius 3 is 1.17 bits per heavy atom. The van der Waals surface area contributed by atoms with Crippen molar-refractivity contribution in [3.63, 3.8) is 0 Å². The number of halogens is 1. The Labute approximate surface area is 151 Å². The van der Waals surface area contributed by atoms with Crippen molar-refractivity contribution in [3.8, 4) is 0 Å². The zero-order valence-electron chi connectivity index (χ0n) is 14.0. The van der Waals surface area contributed by atoms with Crippen molar-refractivity contribution in [2.45, 2.75) is 12.8 Å². The molecule has 3 rings (SSSR count). The maximum absolute atomic E-state index is 5.93. The van der Waals surface area contributed by atoms with Crippen molar-refractivity contribution in [1.29, 1.82) is 0 Å². The van der Waals surface area contributed by atoms with E-state index >= 15 is 0 Å². The van der Waals surface area contributed by atoms with Gasteiger partial charge in [0.25, 0.3) is 0 Å². The largest absolute Gasteiger partial charge is 1.00 e. The first-order valence-electron chi connectivity index (χ1n) is 7.88. The predicted molar refractivity (Wildman–Crippen MR) is 102 cm³/mol. The number of benzene rings is 3. The van der Waals surface area contributed by atoms with E-state index in [0.29, 0.717) is 0 Å². The first kappa shape index (κ1) is 18.7. The van der Waals surface area contributed by atoms with E-state index in [1.54, 1.807) is 0 Å². The first-order valence-corrected chi connectivity index (χ1v) is 9.74. The number of ether oxygens (including phenoxy) is 1. The van der Waals surface area contributed by atoms with Gasteiger partial charge in [-0.15, -0.1) is 0 Å². The van der Waals surface area contributed by atoms with Crippen LogP contribution >= 0.6 is 7.26 Å². The van der Waals surface area contributed by atoms with Crippen molar-refractivity contribution in [1.82, 2.24) is 0 Å². The van der Waals surface area contributed by atoms with E-state index < -0.39 is 7.26 Å². The second kappa shape index (κ2) is 8.44. The van der Waals surface area contributed by atoms with Gasteiger partial charge < -0.3 is 17.1 Å². The van der Waals surface area contributed by atoms with Crippen LogP contribution < -0.4 is 28.3 Å². The molecule has 24 heavy (non-hydrogen) atoms. The number of methoxy groups -OCH3 is 1. The average Bonchev–Trinajstić information content (AvgIpc) is 2.65. The summed E-state index contributed by atoms with van der Waals surface area (Å²) >= 11 is 0. The van der Waals surface area contributed by atoms with Gasteiger partial charge in [-0.2, -0.15) is 0 Å². The molecule has 0 heterocycles. The first-order chi connectivity index (χ1) is 11.3. The molecule has 124 valence electrons. The Hall–Kier alpha value is -1.66. The van der Waals surface area contributed by atoms with E-state index in [9.17, 15) is 0 Å². The van der Waals surface area contributed by atoms with Gasteiger partial charge in [0.15, 0.2) is 5.85 Å². The van der Waals surface area contributed by atoms with Gasteiger partial charge in [-0.3, -0.25) is 0 Å². The Morgan fingerprint density at radius 1 is 0.625 bits per heavy atom. The summed E-state index contributed by atoms with van der Waals surface area (Å²) in [4.78, 5) is 0. The highest BCUT2D eigenvalue weighted by molar-refractivity contribution is 7.96. The van der Waals surface area contributed by atoms with Crippen molar-refractivity contribution >= 4 is 23.2 Å². The van der Waals surface area contributed by atoms with Crippen LogP contribution in [0.1, 0.15) is 6.92 Å². The van der Waals surface area contributed by atoms with E-state index in [0.717, 1.165) is 0 Å². The summed E-state index contributed by atoms with van der Waals surface area (Å²) in [5, 5.41) is 4.06. The smallest absolute Gasteiger partial charge is 0.178 e. The van der Waals surface area contributed by atoms with E-state index in [1.165, 1.54) is 15.9 Å². The summed E-state index contributed by atoms with van der Waals surface area (Å²) in [5.74, 6) is 0.106. The van der Waals surface area contributed by atoms with Crippen molar-refractivity contribution in [3.05, 3.63) is 91.0 Å². The van der Waals surface area contributed by atoms with Gasteiger partial charge in [-0.25, -0.2) is 0 Å². The highest BCUT2D eigenvalue weighted by Crippen LogP contribution is 2.59. The van der Waals surface area contributed by atoms with Crippen LogP contribution in [-0.4, -0.2) is 13.0 Å². The third kappa shape index (κ3) is 3.26. The lowest BCUT2D eigenvalue weighted by Crippen LogP contribution is -3.00. The van der Waals surface area contributed by atoms with Crippen LogP contribution in [0, 0.1) is 0 Å². The molecule has 1 nitrogen and oxygen atoms in total. The second-order valence-corrected chi connectivity index (χ2v) is 9.29. The molecule has 0 aromatic heterocycles. The van der Waals surface area contributed by atoms with E-state index in [4.69, 9.17) is 4.74 Å². The Balaban J connectivity index is 0.00000208. The topological polar surface area (TPSA) is 9.23 Å². The standard InChI is InChI=1S/C21H22OP.ClH/c1-18(22-2)23(19-12-6-3-7-13-19,20-14-8-4-9-15-20)21-16-10-5-11-17-21;/h3-18H,1-2H3;1H/q+1;/p-1. The monoisotopic (exact) mass is 356 g/mol. The normalized spacial score (nSPS) is 12.2. The van der Waals surface area contributed by atoms with Crippen molar-refractivity contribution < 1.29 is 17.1 Å². The molecule has 0 amide bonds. The molecule has 1 unspecified atom stereocenters. The van der Waals surface area contributed by atoms with E-state index in [1.807, 2.05) is 7.11 Å². The third-order valence-corrected chi connectivity index (χ3v) is 9.02. The maximum atomic E-state index is 5.93. The van der Waals surface area contributed by atoms with Gasteiger partial charge in [0, 0.05) is 7.11 Å². The minimum Gasteiger partial charge on any atom is -1.00 e. The van der Waals surface area contributed by atoms with Gasteiger partial charge in [0.1, 0.15) is 23.2 Å². The Bertz CT molecular complexity index is 635. The summed E-state index contributed by atoms with van der Waals surface area (Å²) in [7, 11) is -0.0528. The third-order valence-electron chi connectivity index (χ3n) is 4.38. The molecule has 0 fully saturated rings. The van der Waals surface area contributed by atoms with Crippen LogP contribution in [0.3, 0.4) is 0 Å². The van der Waals surface area contributed by atoms with Gasteiger partial charge in [-0.05, 0) is 43.3 Å². The fourth-order valence-electron chi connectivity index (χ4n) is 3.22. The van der Waals surface area contributed by atoms with Crippen LogP contribution in [-0.2, 0) is 4.74 Å². The maximum Gasteiger partial charge on any atom is 0.178 e. The second-order valence-electron chi connectivity index (χ2n) is 5.56. The minimum absolute atomic E-state index is 0. The van der Waals surface area contributed by atoms with Crippen molar-refractivity contribution in [2.24, 2.45) is 0 Å². The van der Waals surface area contributed by atoms with Gasteiger partial charge in [0.2, 0.25) is 0 Å². The molecule has 0 aliphatic rings. The molecule has 1 atom stereocenters. The molecule has 0 aliphatic carbocycles. The molecular formula is C21H22ClOP. The molecular weight excluding hydrogens is 335 g/mol.